The maximum Gasteiger partial charge on any atom is 0.260 e. The molecule has 0 bridgehead atoms. The van der Waals surface area contributed by atoms with Gasteiger partial charge in [-0.2, -0.15) is 0 Å². The van der Waals surface area contributed by atoms with E-state index in [4.69, 9.17) is 9.47 Å². The van der Waals surface area contributed by atoms with Crippen LogP contribution >= 0.6 is 22.7 Å². The Bertz CT molecular complexity index is 1360. The largest absolute Gasteiger partial charge is 0.493 e. The predicted octanol–water partition coefficient (Wildman–Crippen LogP) is 4.63. The SMILES string of the molecule is CCN(Cc1ccc(OC)c(OC)c1)C(=O)Cc1nc2scc(-c3ccc(C)s3)c2c(=O)[nH]1. The molecule has 0 atom stereocenters. The average Bonchev–Trinajstić information content (AvgIpc) is 3.43. The average molecular weight is 484 g/mol. The summed E-state index contributed by atoms with van der Waals surface area (Å²) in [5, 5.41) is 2.54. The monoisotopic (exact) mass is 483 g/mol. The molecule has 0 spiro atoms. The highest BCUT2D eigenvalue weighted by molar-refractivity contribution is 7.19. The minimum Gasteiger partial charge on any atom is -0.493 e. The maximum absolute atomic E-state index is 13.0. The number of aromatic amines is 1. The van der Waals surface area contributed by atoms with E-state index in [0.29, 0.717) is 40.6 Å². The van der Waals surface area contributed by atoms with E-state index in [1.807, 2.05) is 49.6 Å². The lowest BCUT2D eigenvalue weighted by Gasteiger charge is -2.21. The number of rotatable bonds is 8. The van der Waals surface area contributed by atoms with Crippen LogP contribution in [0.2, 0.25) is 0 Å². The van der Waals surface area contributed by atoms with Gasteiger partial charge in [0, 0.05) is 33.8 Å². The molecule has 0 radical (unpaired) electrons. The van der Waals surface area contributed by atoms with Gasteiger partial charge in [0.1, 0.15) is 10.7 Å². The highest BCUT2D eigenvalue weighted by Gasteiger charge is 2.18. The number of benzene rings is 1. The van der Waals surface area contributed by atoms with Crippen molar-refractivity contribution in [3.05, 3.63) is 62.3 Å². The molecule has 1 N–H and O–H groups in total. The van der Waals surface area contributed by atoms with Crippen LogP contribution in [-0.4, -0.2) is 41.5 Å². The van der Waals surface area contributed by atoms with Crippen molar-refractivity contribution in [2.24, 2.45) is 0 Å². The summed E-state index contributed by atoms with van der Waals surface area (Å²) >= 11 is 3.07. The van der Waals surface area contributed by atoms with E-state index in [1.54, 1.807) is 30.5 Å². The van der Waals surface area contributed by atoms with Gasteiger partial charge in [0.2, 0.25) is 5.91 Å². The number of hydrogen-bond acceptors (Lipinski definition) is 7. The number of thiophene rings is 2. The van der Waals surface area contributed by atoms with Crippen LogP contribution in [-0.2, 0) is 17.8 Å². The molecular weight excluding hydrogens is 458 g/mol. The summed E-state index contributed by atoms with van der Waals surface area (Å²) in [6, 6.07) is 9.65. The quantitative estimate of drug-likeness (QED) is 0.395. The second-order valence-corrected chi connectivity index (χ2v) is 9.67. The number of ether oxygens (including phenoxy) is 2. The fourth-order valence-corrected chi connectivity index (χ4v) is 5.59. The molecule has 3 aromatic heterocycles. The van der Waals surface area contributed by atoms with Crippen molar-refractivity contribution in [2.45, 2.75) is 26.8 Å². The van der Waals surface area contributed by atoms with E-state index in [2.05, 4.69) is 9.97 Å². The van der Waals surface area contributed by atoms with E-state index in [-0.39, 0.29) is 17.9 Å². The van der Waals surface area contributed by atoms with Gasteiger partial charge in [-0.3, -0.25) is 9.59 Å². The number of H-pyrrole nitrogens is 1. The zero-order valence-corrected chi connectivity index (χ0v) is 20.6. The van der Waals surface area contributed by atoms with Crippen molar-refractivity contribution in [2.75, 3.05) is 20.8 Å². The maximum atomic E-state index is 13.0. The second kappa shape index (κ2) is 9.76. The molecule has 1 aromatic carbocycles. The van der Waals surface area contributed by atoms with Crippen LogP contribution < -0.4 is 15.0 Å². The van der Waals surface area contributed by atoms with Gasteiger partial charge < -0.3 is 19.4 Å². The zero-order chi connectivity index (χ0) is 23.5. The first-order valence-corrected chi connectivity index (χ1v) is 12.2. The van der Waals surface area contributed by atoms with Crippen molar-refractivity contribution in [1.29, 1.82) is 0 Å². The van der Waals surface area contributed by atoms with Crippen LogP contribution in [0.25, 0.3) is 20.7 Å². The van der Waals surface area contributed by atoms with Crippen LogP contribution in [0.15, 0.2) is 40.5 Å². The lowest BCUT2D eigenvalue weighted by atomic mass is 10.1. The van der Waals surface area contributed by atoms with Gasteiger partial charge in [0.05, 0.1) is 26.0 Å². The fourth-order valence-electron chi connectivity index (χ4n) is 3.67. The van der Waals surface area contributed by atoms with Gasteiger partial charge in [-0.05, 0) is 43.7 Å². The van der Waals surface area contributed by atoms with E-state index < -0.39 is 0 Å². The molecule has 4 aromatic rings. The van der Waals surface area contributed by atoms with Crippen LogP contribution in [0.5, 0.6) is 11.5 Å². The molecule has 0 aliphatic carbocycles. The first-order chi connectivity index (χ1) is 15.9. The molecule has 0 saturated heterocycles. The lowest BCUT2D eigenvalue weighted by Crippen LogP contribution is -2.32. The van der Waals surface area contributed by atoms with Gasteiger partial charge in [0.15, 0.2) is 11.5 Å². The van der Waals surface area contributed by atoms with Crippen LogP contribution in [0, 0.1) is 6.92 Å². The number of nitrogens with one attached hydrogen (secondary N) is 1. The molecule has 3 heterocycles. The number of carbonyl (C=O) groups is 1. The fraction of sp³-hybridized carbons (Fsp3) is 0.292. The molecule has 1 amide bonds. The molecule has 0 fully saturated rings. The summed E-state index contributed by atoms with van der Waals surface area (Å²) in [5.41, 5.74) is 1.60. The predicted molar refractivity (Wildman–Crippen MR) is 133 cm³/mol. The Morgan fingerprint density at radius 3 is 2.61 bits per heavy atom. The first kappa shape index (κ1) is 23.0. The Morgan fingerprint density at radius 2 is 1.94 bits per heavy atom. The number of methoxy groups -OCH3 is 2. The Hall–Kier alpha value is -3.17. The van der Waals surface area contributed by atoms with Gasteiger partial charge in [-0.25, -0.2) is 4.98 Å². The second-order valence-electron chi connectivity index (χ2n) is 7.53. The van der Waals surface area contributed by atoms with Crippen molar-refractivity contribution in [3.63, 3.8) is 0 Å². The lowest BCUT2D eigenvalue weighted by molar-refractivity contribution is -0.131. The van der Waals surface area contributed by atoms with E-state index in [0.717, 1.165) is 16.0 Å². The van der Waals surface area contributed by atoms with Crippen molar-refractivity contribution < 1.29 is 14.3 Å². The van der Waals surface area contributed by atoms with Crippen molar-refractivity contribution in [1.82, 2.24) is 14.9 Å². The third kappa shape index (κ3) is 4.79. The summed E-state index contributed by atoms with van der Waals surface area (Å²) in [5.74, 6) is 1.52. The number of nitrogens with zero attached hydrogens (tertiary/aromatic N) is 2. The number of hydrogen-bond donors (Lipinski definition) is 1. The Balaban J connectivity index is 1.54. The summed E-state index contributed by atoms with van der Waals surface area (Å²) in [6.07, 6.45) is 0.0254. The highest BCUT2D eigenvalue weighted by Crippen LogP contribution is 2.35. The van der Waals surface area contributed by atoms with Gasteiger partial charge in [0.25, 0.3) is 5.56 Å². The smallest absolute Gasteiger partial charge is 0.260 e. The number of amides is 1. The zero-order valence-electron chi connectivity index (χ0n) is 18.9. The molecule has 7 nitrogen and oxygen atoms in total. The molecule has 172 valence electrons. The number of likely N-dealkylation sites (N-methyl/N-ethyl adjacent to an activating group) is 1. The number of aryl methyl sites for hydroxylation is 1. The van der Waals surface area contributed by atoms with Crippen molar-refractivity contribution >= 4 is 38.8 Å². The summed E-state index contributed by atoms with van der Waals surface area (Å²) in [6.45, 7) is 4.91. The van der Waals surface area contributed by atoms with Crippen LogP contribution in [0.4, 0.5) is 0 Å². The van der Waals surface area contributed by atoms with Gasteiger partial charge >= 0.3 is 0 Å². The van der Waals surface area contributed by atoms with E-state index in [1.165, 1.54) is 16.2 Å². The molecule has 0 unspecified atom stereocenters. The van der Waals surface area contributed by atoms with Crippen LogP contribution in [0.1, 0.15) is 23.2 Å². The molecule has 0 aliphatic rings. The summed E-state index contributed by atoms with van der Waals surface area (Å²) < 4.78 is 10.6. The normalized spacial score (nSPS) is 11.0. The van der Waals surface area contributed by atoms with E-state index >= 15 is 0 Å². The summed E-state index contributed by atoms with van der Waals surface area (Å²) in [7, 11) is 3.17. The van der Waals surface area contributed by atoms with E-state index in [9.17, 15) is 9.59 Å². The topological polar surface area (TPSA) is 84.5 Å². The Labute approximate surface area is 199 Å². The third-order valence-electron chi connectivity index (χ3n) is 5.37. The molecule has 4 rings (SSSR count). The molecule has 33 heavy (non-hydrogen) atoms. The van der Waals surface area contributed by atoms with Crippen molar-refractivity contribution in [3.8, 4) is 21.9 Å². The number of carbonyl (C=O) groups excluding carboxylic acids is 1. The Kier molecular flexibility index (Phi) is 6.80. The first-order valence-electron chi connectivity index (χ1n) is 10.5. The molecule has 9 heteroatoms. The van der Waals surface area contributed by atoms with Gasteiger partial charge in [-0.1, -0.05) is 6.07 Å². The molecule has 0 saturated carbocycles. The minimum absolute atomic E-state index is 0.0254. The minimum atomic E-state index is -0.215. The third-order valence-corrected chi connectivity index (χ3v) is 7.28. The molecular formula is C24H25N3O4S2. The number of fused-ring (bicyclic) bond motifs is 1. The Morgan fingerprint density at radius 1 is 1.15 bits per heavy atom. The van der Waals surface area contributed by atoms with Gasteiger partial charge in [-0.15, -0.1) is 22.7 Å². The summed E-state index contributed by atoms with van der Waals surface area (Å²) in [4.78, 5) is 37.9. The molecule has 0 aliphatic heterocycles. The van der Waals surface area contributed by atoms with Crippen LogP contribution in [0.3, 0.4) is 0 Å². The number of aromatic nitrogens is 2. The standard InChI is InChI=1S/C24H25N3O4S2/c1-5-27(12-15-7-8-17(30-3)18(10-15)31-4)21(28)11-20-25-23(29)22-16(13-32-24(22)26-20)19-9-6-14(2)33-19/h6-10,13H,5,11-12H2,1-4H3,(H,25,26,29). The highest BCUT2D eigenvalue weighted by atomic mass is 32.1.